The van der Waals surface area contributed by atoms with Crippen LogP contribution < -0.4 is 47.8 Å². The van der Waals surface area contributed by atoms with Gasteiger partial charge in [-0.1, -0.05) is 65.7 Å². The third-order valence-electron chi connectivity index (χ3n) is 10.7. The quantitative estimate of drug-likeness (QED) is 0.0176. The first kappa shape index (κ1) is 65.9. The van der Waals surface area contributed by atoms with Crippen molar-refractivity contribution in [1.82, 2.24) is 10.4 Å². The minimum atomic E-state index is -1.45. The van der Waals surface area contributed by atoms with Crippen molar-refractivity contribution >= 4 is 81.9 Å². The minimum absolute atomic E-state index is 0. The second-order valence-electron chi connectivity index (χ2n) is 15.6. The van der Waals surface area contributed by atoms with Crippen molar-refractivity contribution in [2.45, 2.75) is 133 Å². The number of carbonyl (C=O) groups excluding carboxylic acids is 8. The zero-order chi connectivity index (χ0) is 47.0. The van der Waals surface area contributed by atoms with Gasteiger partial charge in [0.05, 0.1) is 13.2 Å². The predicted molar refractivity (Wildman–Crippen MR) is 247 cm³/mol. The van der Waals surface area contributed by atoms with E-state index in [1.165, 1.54) is 20.5 Å². The fourth-order valence-electron chi connectivity index (χ4n) is 7.05. The number of cyclic esters (lactones) is 1. The van der Waals surface area contributed by atoms with E-state index >= 15 is 0 Å². The summed E-state index contributed by atoms with van der Waals surface area (Å²) in [5.74, 6) is -1.33. The molecule has 4 rings (SSSR count). The summed E-state index contributed by atoms with van der Waals surface area (Å²) in [4.78, 5) is 97.5. The molecule has 0 bridgehead atoms. The largest absolute Gasteiger partial charge is 1.00 e. The van der Waals surface area contributed by atoms with Crippen molar-refractivity contribution in [3.05, 3.63) is 73.9 Å². The van der Waals surface area contributed by atoms with Crippen molar-refractivity contribution in [3.63, 3.8) is 0 Å². The van der Waals surface area contributed by atoms with Crippen molar-refractivity contribution in [2.24, 2.45) is 5.92 Å². The summed E-state index contributed by atoms with van der Waals surface area (Å²) in [5, 5.41) is 3.86. The number of hydrogen-bond acceptors (Lipinski definition) is 16. The van der Waals surface area contributed by atoms with Gasteiger partial charge in [0.2, 0.25) is 0 Å². The minimum Gasteiger partial charge on any atom is -0.553 e. The molecule has 3 amide bonds. The van der Waals surface area contributed by atoms with E-state index in [1.807, 2.05) is 39.2 Å². The number of esters is 1. The van der Waals surface area contributed by atoms with E-state index in [9.17, 15) is 38.4 Å². The summed E-state index contributed by atoms with van der Waals surface area (Å²) in [6.07, 6.45) is 9.66. The maximum Gasteiger partial charge on any atom is 1.00 e. The van der Waals surface area contributed by atoms with Crippen LogP contribution >= 0.6 is 33.2 Å². The Balaban J connectivity index is 0. The first-order valence-corrected chi connectivity index (χ1v) is 22.9. The van der Waals surface area contributed by atoms with E-state index in [0.717, 1.165) is 11.1 Å². The molecular weight excluding hydrogens is 918 g/mol. The zero-order valence-corrected chi connectivity index (χ0v) is 43.0. The molecule has 1 unspecified atom stereocenters. The average molecular weight is 979 g/mol. The number of halogens is 1. The summed E-state index contributed by atoms with van der Waals surface area (Å²) in [6, 6.07) is 6.60. The fourth-order valence-corrected chi connectivity index (χ4v) is 9.47. The number of allylic oxidation sites excluding steroid dienone is 3. The Morgan fingerprint density at radius 1 is 1.12 bits per heavy atom. The van der Waals surface area contributed by atoms with Gasteiger partial charge in [-0.3, -0.25) is 33.4 Å². The molecule has 0 aliphatic carbocycles. The van der Waals surface area contributed by atoms with Crippen LogP contribution in [-0.2, 0) is 63.8 Å². The molecule has 364 valence electrons. The van der Waals surface area contributed by atoms with E-state index in [4.69, 9.17) is 40.1 Å². The van der Waals surface area contributed by atoms with E-state index in [2.05, 4.69) is 11.4 Å². The van der Waals surface area contributed by atoms with Gasteiger partial charge in [-0.2, -0.15) is 19.1 Å². The molecule has 21 heteroatoms. The zero-order valence-electron chi connectivity index (χ0n) is 40.6. The van der Waals surface area contributed by atoms with Gasteiger partial charge in [-0.25, -0.2) is 9.59 Å². The van der Waals surface area contributed by atoms with Crippen LogP contribution in [0.2, 0.25) is 5.02 Å². The summed E-state index contributed by atoms with van der Waals surface area (Å²) in [6.45, 7) is 10.7. The second kappa shape index (κ2) is 31.1. The number of imide groups is 1. The molecule has 3 heterocycles. The molecular formula is C46H61ClLi2N2O14S2-4. The summed E-state index contributed by atoms with van der Waals surface area (Å²) < 4.78 is 28.1. The second-order valence-corrected chi connectivity index (χ2v) is 18.9. The van der Waals surface area contributed by atoms with Crippen LogP contribution in [0.1, 0.15) is 92.1 Å². The van der Waals surface area contributed by atoms with Crippen LogP contribution in [0.25, 0.3) is 0 Å². The monoisotopic (exact) mass is 978 g/mol. The molecule has 16 nitrogen and oxygen atoms in total. The smallest absolute Gasteiger partial charge is 0.553 e. The maximum absolute atomic E-state index is 12.9. The normalized spacial score (nSPS) is 23.5. The number of aldehydes is 1. The van der Waals surface area contributed by atoms with Crippen LogP contribution in [0.3, 0.4) is 0 Å². The summed E-state index contributed by atoms with van der Waals surface area (Å²) >= 11 is 6.07. The third kappa shape index (κ3) is 18.9. The Morgan fingerprint density at radius 2 is 1.78 bits per heavy atom. The summed E-state index contributed by atoms with van der Waals surface area (Å²) in [5.41, 5.74) is -1.67. The van der Waals surface area contributed by atoms with Gasteiger partial charge in [-0.15, -0.1) is 41.1 Å². The first-order chi connectivity index (χ1) is 29.8. The molecule has 3 aliphatic rings. The molecule has 0 aromatic heterocycles. The number of rotatable bonds is 24. The number of carbonyl (C=O) groups is 6. The number of nitrogens with zero attached hydrogens (tertiary/aromatic N) is 1. The van der Waals surface area contributed by atoms with Gasteiger partial charge >= 0.3 is 49.8 Å². The number of epoxide rings is 1. The Kier molecular flexibility index (Phi) is 30.6. The molecule has 1 N–H and O–H groups in total. The van der Waals surface area contributed by atoms with Gasteiger partial charge in [-0.05, 0) is 38.0 Å². The number of ether oxygens (including phenoxy) is 5. The Morgan fingerprint density at radius 3 is 2.34 bits per heavy atom. The third-order valence-corrected chi connectivity index (χ3v) is 14.0. The first-order valence-electron chi connectivity index (χ1n) is 20.2. The number of benzene rings is 1. The number of alkyl carbamates (subject to hydrolysis) is 1. The molecule has 3 saturated heterocycles. The van der Waals surface area contributed by atoms with E-state index in [-0.39, 0.29) is 89.9 Å². The van der Waals surface area contributed by atoms with Crippen LogP contribution in [-0.4, -0.2) is 114 Å². The molecule has 0 spiro atoms. The molecule has 1 aromatic carbocycles. The number of amides is 3. The van der Waals surface area contributed by atoms with Gasteiger partial charge in [0.1, 0.15) is 35.2 Å². The van der Waals surface area contributed by atoms with Crippen LogP contribution in [0.15, 0.2) is 35.9 Å². The molecule has 0 radical (unpaired) electrons. The van der Waals surface area contributed by atoms with Crippen molar-refractivity contribution in [2.75, 3.05) is 20.0 Å². The predicted octanol–water partition coefficient (Wildman–Crippen LogP) is 1.02. The van der Waals surface area contributed by atoms with Crippen molar-refractivity contribution in [3.8, 4) is 5.75 Å². The number of hydroxylamine groups is 2. The summed E-state index contributed by atoms with van der Waals surface area (Å²) in [7, 11) is 6.14. The molecule has 3 fully saturated rings. The molecule has 3 aliphatic heterocycles. The van der Waals surface area contributed by atoms with Crippen LogP contribution in [0.5, 0.6) is 5.75 Å². The Hall–Kier alpha value is -3.17. The van der Waals surface area contributed by atoms with Crippen LogP contribution in [0, 0.1) is 33.3 Å². The van der Waals surface area contributed by atoms with Crippen molar-refractivity contribution in [1.29, 1.82) is 0 Å². The van der Waals surface area contributed by atoms with Crippen molar-refractivity contribution < 1.29 is 105 Å². The fraction of sp³-hybridized carbons (Fsp3) is 0.543. The number of methoxy groups -OCH3 is 2. The topological polar surface area (TPSA) is 211 Å². The molecule has 0 saturated carbocycles. The van der Waals surface area contributed by atoms with Gasteiger partial charge in [0.25, 0.3) is 11.8 Å². The Bertz CT molecular complexity index is 1880. The van der Waals surface area contributed by atoms with Gasteiger partial charge in [0.15, 0.2) is 5.97 Å². The van der Waals surface area contributed by atoms with E-state index in [1.54, 1.807) is 67.0 Å². The van der Waals surface area contributed by atoms with E-state index < -0.39 is 70.8 Å². The van der Waals surface area contributed by atoms with Crippen LogP contribution in [0.4, 0.5) is 4.79 Å². The number of hydrogen-bond donors (Lipinski definition) is 1. The Labute approximate surface area is 432 Å². The molecule has 8 atom stereocenters. The van der Waals surface area contributed by atoms with Gasteiger partial charge < -0.3 is 63.1 Å². The number of nitrogens with one attached hydrogen (secondary N) is 1. The SMILES string of the molecule is CC(CCC(=O)ON1C(=O)CCC1=O)SSCC[C-]=O.C[CH-]C(=O)O[C@@H](C[C-]=O)[C@]1(C)O[C@H]1[C@H](C)[C@]1(C)C[C@](C=O)([C@@H](/C=C/C=C(\C)Cc2c[c-]c(Cl)c(OC)c2)OC)NC(=O)O1.[CH3-].[CH3-].[Li+].[Li+]. The standard InChI is InChI=1S/C32H39ClNO9.C12H16NO5S2.2CH3.2Li/c1-8-27(37)41-25(14-15-35)31(5)28(42-31)21(3)30(4)18-32(19-36,34-29(38)43-30)26(40-7)11-9-10-20(2)16-22-12-13-23(33)24(17-22)39-6;1-9(20-19-8-2-7-14)3-6-12(17)18-13-10(15)4-5-11(13)16;;;;/h8-12,17,19,21,25-26,28H,14,16,18H2,1-7H3,(H,34,38);9H,2-6,8H2,1H3;2*1H3;;/q-3;3*-1;2*+1/b11-9+,20-10+;;;;;/t21-,25-,26+,28-,30-,31-,32-;;;;;/m0...../s1. The maximum atomic E-state index is 12.9. The van der Waals surface area contributed by atoms with Gasteiger partial charge in [0, 0.05) is 49.7 Å². The molecule has 67 heavy (non-hydrogen) atoms. The van der Waals surface area contributed by atoms with E-state index in [0.29, 0.717) is 47.1 Å². The molecule has 1 aromatic rings. The average Bonchev–Trinajstić information content (AvgIpc) is 3.85.